The van der Waals surface area contributed by atoms with E-state index in [0.29, 0.717) is 5.75 Å². The first-order chi connectivity index (χ1) is 8.08. The van der Waals surface area contributed by atoms with Crippen LogP contribution in [0.3, 0.4) is 0 Å². The molecule has 1 aromatic carbocycles. The largest absolute Gasteiger partial charge is 0.413 e. The van der Waals surface area contributed by atoms with Gasteiger partial charge < -0.3 is 10.1 Å². The van der Waals surface area contributed by atoms with Crippen LogP contribution in [-0.2, 0) is 5.41 Å². The SMILES string of the molecule is CC(C)(C)NC(=O)Oc1ccc(C(C)(C)C)cc1. The Kier molecular flexibility index (Phi) is 4.05. The highest BCUT2D eigenvalue weighted by atomic mass is 16.6. The summed E-state index contributed by atoms with van der Waals surface area (Å²) in [5.41, 5.74) is 1.03. The lowest BCUT2D eigenvalue weighted by Crippen LogP contribution is -2.42. The van der Waals surface area contributed by atoms with Crippen LogP contribution in [0.15, 0.2) is 24.3 Å². The molecule has 0 unspecified atom stereocenters. The van der Waals surface area contributed by atoms with Crippen molar-refractivity contribution in [1.29, 1.82) is 0 Å². The first-order valence-electron chi connectivity index (χ1n) is 6.18. The van der Waals surface area contributed by atoms with E-state index in [0.717, 1.165) is 0 Å². The van der Waals surface area contributed by atoms with Crippen LogP contribution in [0.25, 0.3) is 0 Å². The molecule has 1 rings (SSSR count). The minimum absolute atomic E-state index is 0.103. The molecular weight excluding hydrogens is 226 g/mol. The van der Waals surface area contributed by atoms with Crippen LogP contribution in [0.4, 0.5) is 4.79 Å². The highest BCUT2D eigenvalue weighted by Crippen LogP contribution is 2.24. The molecule has 0 fully saturated rings. The normalized spacial score (nSPS) is 12.1. The summed E-state index contributed by atoms with van der Waals surface area (Å²) in [7, 11) is 0. The average Bonchev–Trinajstić information content (AvgIpc) is 2.13. The van der Waals surface area contributed by atoms with E-state index in [9.17, 15) is 4.79 Å². The third-order valence-electron chi connectivity index (χ3n) is 2.41. The third kappa shape index (κ3) is 4.78. The van der Waals surface area contributed by atoms with Crippen molar-refractivity contribution >= 4 is 6.09 Å². The van der Waals surface area contributed by atoms with Crippen molar-refractivity contribution in [2.24, 2.45) is 0 Å². The average molecular weight is 249 g/mol. The minimum Gasteiger partial charge on any atom is -0.410 e. The Hall–Kier alpha value is -1.51. The number of hydrogen-bond acceptors (Lipinski definition) is 2. The molecule has 0 spiro atoms. The van der Waals surface area contributed by atoms with E-state index in [2.05, 4.69) is 26.1 Å². The quantitative estimate of drug-likeness (QED) is 0.820. The predicted octanol–water partition coefficient (Wildman–Crippen LogP) is 3.87. The van der Waals surface area contributed by atoms with Gasteiger partial charge in [0, 0.05) is 5.54 Å². The molecular formula is C15H23NO2. The lowest BCUT2D eigenvalue weighted by molar-refractivity contribution is 0.190. The van der Waals surface area contributed by atoms with Crippen LogP contribution < -0.4 is 10.1 Å². The van der Waals surface area contributed by atoms with E-state index in [1.807, 2.05) is 45.0 Å². The Morgan fingerprint density at radius 1 is 1.00 bits per heavy atom. The zero-order chi connectivity index (χ0) is 14.0. The van der Waals surface area contributed by atoms with Gasteiger partial charge in [0.05, 0.1) is 0 Å². The summed E-state index contributed by atoms with van der Waals surface area (Å²) >= 11 is 0. The van der Waals surface area contributed by atoms with E-state index in [-0.39, 0.29) is 11.0 Å². The van der Waals surface area contributed by atoms with Gasteiger partial charge in [0.1, 0.15) is 5.75 Å². The summed E-state index contributed by atoms with van der Waals surface area (Å²) in [6, 6.07) is 7.62. The first-order valence-corrected chi connectivity index (χ1v) is 6.18. The van der Waals surface area contributed by atoms with E-state index in [4.69, 9.17) is 4.74 Å². The molecule has 0 saturated heterocycles. The van der Waals surface area contributed by atoms with Crippen molar-refractivity contribution in [1.82, 2.24) is 5.32 Å². The topological polar surface area (TPSA) is 38.3 Å². The standard InChI is InChI=1S/C15H23NO2/c1-14(2,3)11-7-9-12(10-8-11)18-13(17)16-15(4,5)6/h7-10H,1-6H3,(H,16,17). The van der Waals surface area contributed by atoms with Crippen molar-refractivity contribution < 1.29 is 9.53 Å². The van der Waals surface area contributed by atoms with E-state index in [1.54, 1.807) is 0 Å². The van der Waals surface area contributed by atoms with Crippen molar-refractivity contribution in [3.63, 3.8) is 0 Å². The Labute approximate surface area is 110 Å². The Morgan fingerprint density at radius 3 is 1.89 bits per heavy atom. The van der Waals surface area contributed by atoms with Gasteiger partial charge in [-0.2, -0.15) is 0 Å². The second-order valence-electron chi connectivity index (χ2n) is 6.54. The van der Waals surface area contributed by atoms with Crippen molar-refractivity contribution in [2.75, 3.05) is 0 Å². The van der Waals surface area contributed by atoms with Crippen LogP contribution in [-0.4, -0.2) is 11.6 Å². The van der Waals surface area contributed by atoms with Gasteiger partial charge >= 0.3 is 6.09 Å². The van der Waals surface area contributed by atoms with Gasteiger partial charge in [-0.1, -0.05) is 32.9 Å². The maximum atomic E-state index is 11.6. The van der Waals surface area contributed by atoms with Crippen LogP contribution >= 0.6 is 0 Å². The lowest BCUT2D eigenvalue weighted by atomic mass is 9.87. The summed E-state index contributed by atoms with van der Waals surface area (Å²) in [6.07, 6.45) is -0.425. The Balaban J connectivity index is 2.67. The fourth-order valence-corrected chi connectivity index (χ4v) is 1.46. The molecule has 0 heterocycles. The zero-order valence-corrected chi connectivity index (χ0v) is 12.1. The number of ether oxygens (including phenoxy) is 1. The number of nitrogens with one attached hydrogen (secondary N) is 1. The Morgan fingerprint density at radius 2 is 1.50 bits per heavy atom. The molecule has 0 bridgehead atoms. The van der Waals surface area contributed by atoms with E-state index < -0.39 is 6.09 Å². The smallest absolute Gasteiger partial charge is 0.410 e. The minimum atomic E-state index is -0.425. The highest BCUT2D eigenvalue weighted by molar-refractivity contribution is 5.71. The number of carbonyl (C=O) groups excluding carboxylic acids is 1. The van der Waals surface area contributed by atoms with Crippen molar-refractivity contribution in [3.8, 4) is 5.75 Å². The van der Waals surface area contributed by atoms with Gasteiger partial charge in [-0.15, -0.1) is 0 Å². The molecule has 1 amide bonds. The number of hydrogen-bond donors (Lipinski definition) is 1. The van der Waals surface area contributed by atoms with Gasteiger partial charge in [-0.3, -0.25) is 0 Å². The molecule has 1 aromatic rings. The summed E-state index contributed by atoms with van der Waals surface area (Å²) in [5, 5.41) is 2.75. The van der Waals surface area contributed by atoms with Crippen LogP contribution in [0.5, 0.6) is 5.75 Å². The molecule has 3 heteroatoms. The predicted molar refractivity (Wildman–Crippen MR) is 74.1 cm³/mol. The number of amides is 1. The Bertz CT molecular complexity index is 408. The molecule has 0 radical (unpaired) electrons. The third-order valence-corrected chi connectivity index (χ3v) is 2.41. The van der Waals surface area contributed by atoms with Crippen LogP contribution in [0.2, 0.25) is 0 Å². The maximum absolute atomic E-state index is 11.6. The monoisotopic (exact) mass is 249 g/mol. The summed E-state index contributed by atoms with van der Waals surface area (Å²) in [6.45, 7) is 12.2. The second kappa shape index (κ2) is 5.01. The van der Waals surface area contributed by atoms with Gasteiger partial charge in [0.15, 0.2) is 0 Å². The van der Waals surface area contributed by atoms with Gasteiger partial charge in [-0.25, -0.2) is 4.79 Å². The molecule has 0 aliphatic carbocycles. The molecule has 18 heavy (non-hydrogen) atoms. The molecule has 0 aromatic heterocycles. The lowest BCUT2D eigenvalue weighted by Gasteiger charge is -2.21. The molecule has 0 saturated carbocycles. The molecule has 0 aliphatic heterocycles. The molecule has 0 atom stereocenters. The molecule has 3 nitrogen and oxygen atoms in total. The fourth-order valence-electron chi connectivity index (χ4n) is 1.46. The second-order valence-corrected chi connectivity index (χ2v) is 6.54. The maximum Gasteiger partial charge on any atom is 0.413 e. The fraction of sp³-hybridized carbons (Fsp3) is 0.533. The summed E-state index contributed by atoms with van der Waals surface area (Å²) < 4.78 is 5.21. The number of benzene rings is 1. The van der Waals surface area contributed by atoms with Crippen molar-refractivity contribution in [2.45, 2.75) is 52.5 Å². The number of carbonyl (C=O) groups is 1. The molecule has 0 aliphatic rings. The number of rotatable bonds is 1. The highest BCUT2D eigenvalue weighted by Gasteiger charge is 2.16. The van der Waals surface area contributed by atoms with Gasteiger partial charge in [-0.05, 0) is 43.9 Å². The first kappa shape index (κ1) is 14.6. The summed E-state index contributed by atoms with van der Waals surface area (Å²) in [4.78, 5) is 11.6. The molecule has 100 valence electrons. The van der Waals surface area contributed by atoms with Crippen LogP contribution in [0, 0.1) is 0 Å². The molecule has 1 N–H and O–H groups in total. The van der Waals surface area contributed by atoms with E-state index >= 15 is 0 Å². The van der Waals surface area contributed by atoms with E-state index in [1.165, 1.54) is 5.56 Å². The van der Waals surface area contributed by atoms with Gasteiger partial charge in [0.2, 0.25) is 0 Å². The van der Waals surface area contributed by atoms with Crippen molar-refractivity contribution in [3.05, 3.63) is 29.8 Å². The summed E-state index contributed by atoms with van der Waals surface area (Å²) in [5.74, 6) is 0.560. The van der Waals surface area contributed by atoms with Crippen LogP contribution in [0.1, 0.15) is 47.1 Å². The zero-order valence-electron chi connectivity index (χ0n) is 12.1. The van der Waals surface area contributed by atoms with Gasteiger partial charge in [0.25, 0.3) is 0 Å².